The number of rotatable bonds is 3. The highest BCUT2D eigenvalue weighted by molar-refractivity contribution is 5.79. The first-order valence-electron chi connectivity index (χ1n) is 7.30. The van der Waals surface area contributed by atoms with Gasteiger partial charge in [0.1, 0.15) is 5.75 Å². The summed E-state index contributed by atoms with van der Waals surface area (Å²) < 4.78 is 5.42. The molecule has 2 aliphatic rings. The van der Waals surface area contributed by atoms with E-state index in [4.69, 9.17) is 4.74 Å². The molecule has 1 aromatic rings. The smallest absolute Gasteiger partial charge is 0.220 e. The number of ether oxygens (including phenoxy) is 1. The minimum atomic E-state index is -0.766. The molecule has 0 radical (unpaired) electrons. The highest BCUT2D eigenvalue weighted by Crippen LogP contribution is 2.43. The van der Waals surface area contributed by atoms with Gasteiger partial charge in [0.15, 0.2) is 0 Å². The van der Waals surface area contributed by atoms with Crippen LogP contribution in [0.2, 0.25) is 0 Å². The Hall–Kier alpha value is -1.55. The topological polar surface area (TPSA) is 58.6 Å². The Bertz CT molecular complexity index is 520. The van der Waals surface area contributed by atoms with Crippen molar-refractivity contribution in [3.63, 3.8) is 0 Å². The minimum absolute atomic E-state index is 0.104. The van der Waals surface area contributed by atoms with E-state index in [-0.39, 0.29) is 11.8 Å². The van der Waals surface area contributed by atoms with Crippen molar-refractivity contribution in [3.05, 3.63) is 29.3 Å². The molecule has 1 heterocycles. The Balaban J connectivity index is 1.96. The van der Waals surface area contributed by atoms with E-state index in [1.807, 2.05) is 18.2 Å². The average molecular weight is 275 g/mol. The summed E-state index contributed by atoms with van der Waals surface area (Å²) in [6.45, 7) is 0.684. The zero-order valence-electron chi connectivity index (χ0n) is 11.8. The first-order chi connectivity index (χ1) is 9.62. The van der Waals surface area contributed by atoms with Crippen molar-refractivity contribution in [1.29, 1.82) is 0 Å². The number of nitrogens with one attached hydrogen (secondary N) is 1. The first-order valence-corrected chi connectivity index (χ1v) is 7.30. The number of aliphatic hydroxyl groups is 1. The summed E-state index contributed by atoms with van der Waals surface area (Å²) >= 11 is 0. The Morgan fingerprint density at radius 2 is 2.10 bits per heavy atom. The second kappa shape index (κ2) is 5.09. The molecule has 108 valence electrons. The van der Waals surface area contributed by atoms with Gasteiger partial charge in [0.2, 0.25) is 5.91 Å². The van der Waals surface area contributed by atoms with Crippen molar-refractivity contribution >= 4 is 5.91 Å². The second-order valence-corrected chi connectivity index (χ2v) is 5.90. The third-order valence-electron chi connectivity index (χ3n) is 4.60. The fourth-order valence-corrected chi connectivity index (χ4v) is 3.41. The van der Waals surface area contributed by atoms with Crippen LogP contribution in [-0.4, -0.2) is 24.7 Å². The van der Waals surface area contributed by atoms with Crippen LogP contribution in [0.15, 0.2) is 18.2 Å². The van der Waals surface area contributed by atoms with Crippen LogP contribution in [0, 0.1) is 0 Å². The van der Waals surface area contributed by atoms with Gasteiger partial charge < -0.3 is 15.2 Å². The van der Waals surface area contributed by atoms with Crippen LogP contribution in [0.3, 0.4) is 0 Å². The molecule has 4 nitrogen and oxygen atoms in total. The molecule has 1 aliphatic heterocycles. The lowest BCUT2D eigenvalue weighted by atomic mass is 9.87. The molecule has 1 atom stereocenters. The molecular formula is C16H21NO3. The van der Waals surface area contributed by atoms with Crippen LogP contribution in [0.4, 0.5) is 0 Å². The molecule has 4 heteroatoms. The van der Waals surface area contributed by atoms with E-state index >= 15 is 0 Å². The van der Waals surface area contributed by atoms with Gasteiger partial charge in [-0.05, 0) is 30.5 Å². The summed E-state index contributed by atoms with van der Waals surface area (Å²) in [6, 6.07) is 5.96. The van der Waals surface area contributed by atoms with Gasteiger partial charge >= 0.3 is 0 Å². The molecule has 1 aromatic carbocycles. The van der Waals surface area contributed by atoms with Crippen molar-refractivity contribution in [2.45, 2.75) is 43.6 Å². The number of hydrogen-bond acceptors (Lipinski definition) is 3. The second-order valence-electron chi connectivity index (χ2n) is 5.90. The molecule has 1 aliphatic carbocycles. The molecule has 3 rings (SSSR count). The van der Waals surface area contributed by atoms with E-state index in [0.29, 0.717) is 13.0 Å². The van der Waals surface area contributed by atoms with Crippen LogP contribution in [-0.2, 0) is 10.4 Å². The molecule has 1 saturated carbocycles. The predicted octanol–water partition coefficient (Wildman–Crippen LogP) is 2.06. The summed E-state index contributed by atoms with van der Waals surface area (Å²) in [6.07, 6.45) is 4.20. The van der Waals surface area contributed by atoms with Crippen LogP contribution in [0.25, 0.3) is 0 Å². The van der Waals surface area contributed by atoms with Gasteiger partial charge in [-0.2, -0.15) is 0 Å². The summed E-state index contributed by atoms with van der Waals surface area (Å²) in [7, 11) is 1.64. The molecule has 1 saturated heterocycles. The summed E-state index contributed by atoms with van der Waals surface area (Å²) in [4.78, 5) is 11.4. The standard InChI is InChI=1S/C16H21NO3/c1-20-14-5-4-11(12-9-15(18)17-10-12)8-13(14)16(19)6-2-3-7-16/h4-5,8,12,19H,2-3,6-7,9-10H2,1H3,(H,17,18). The molecule has 0 bridgehead atoms. The van der Waals surface area contributed by atoms with Gasteiger partial charge in [0.05, 0.1) is 12.7 Å². The largest absolute Gasteiger partial charge is 0.496 e. The Labute approximate surface area is 119 Å². The number of hydrogen-bond donors (Lipinski definition) is 2. The van der Waals surface area contributed by atoms with Crippen LogP contribution < -0.4 is 10.1 Å². The fraction of sp³-hybridized carbons (Fsp3) is 0.562. The number of amides is 1. The molecule has 1 unspecified atom stereocenters. The van der Waals surface area contributed by atoms with Crippen molar-refractivity contribution in [2.24, 2.45) is 0 Å². The van der Waals surface area contributed by atoms with Crippen LogP contribution >= 0.6 is 0 Å². The van der Waals surface area contributed by atoms with Crippen molar-refractivity contribution in [2.75, 3.05) is 13.7 Å². The van der Waals surface area contributed by atoms with Crippen LogP contribution in [0.5, 0.6) is 5.75 Å². The van der Waals surface area contributed by atoms with Gasteiger partial charge in [-0.25, -0.2) is 0 Å². The van der Waals surface area contributed by atoms with Crippen molar-refractivity contribution in [1.82, 2.24) is 5.32 Å². The first kappa shape index (κ1) is 13.4. The molecule has 1 amide bonds. The lowest BCUT2D eigenvalue weighted by molar-refractivity contribution is -0.119. The molecule has 2 N–H and O–H groups in total. The quantitative estimate of drug-likeness (QED) is 0.887. The van der Waals surface area contributed by atoms with Gasteiger partial charge in [-0.1, -0.05) is 18.9 Å². The summed E-state index contributed by atoms with van der Waals surface area (Å²) in [5.74, 6) is 1.06. The molecule has 20 heavy (non-hydrogen) atoms. The summed E-state index contributed by atoms with van der Waals surface area (Å²) in [5.41, 5.74) is 1.23. The van der Waals surface area contributed by atoms with E-state index in [0.717, 1.165) is 42.6 Å². The lowest BCUT2D eigenvalue weighted by Crippen LogP contribution is -2.22. The zero-order chi connectivity index (χ0) is 14.2. The number of benzene rings is 1. The van der Waals surface area contributed by atoms with Crippen molar-refractivity contribution in [3.8, 4) is 5.75 Å². The van der Waals surface area contributed by atoms with Crippen molar-refractivity contribution < 1.29 is 14.6 Å². The van der Waals surface area contributed by atoms with Gasteiger partial charge in [0, 0.05) is 24.4 Å². The predicted molar refractivity (Wildman–Crippen MR) is 75.7 cm³/mol. The van der Waals surface area contributed by atoms with E-state index < -0.39 is 5.60 Å². The summed E-state index contributed by atoms with van der Waals surface area (Å²) in [5, 5.41) is 13.7. The molecular weight excluding hydrogens is 254 g/mol. The molecule has 2 fully saturated rings. The van der Waals surface area contributed by atoms with Crippen LogP contribution in [0.1, 0.15) is 49.1 Å². The molecule has 0 spiro atoms. The third-order valence-corrected chi connectivity index (χ3v) is 4.60. The van der Waals surface area contributed by atoms with E-state index in [1.54, 1.807) is 7.11 Å². The highest BCUT2D eigenvalue weighted by Gasteiger charge is 2.36. The van der Waals surface area contributed by atoms with E-state index in [2.05, 4.69) is 5.32 Å². The highest BCUT2D eigenvalue weighted by atomic mass is 16.5. The minimum Gasteiger partial charge on any atom is -0.496 e. The third kappa shape index (κ3) is 2.29. The Morgan fingerprint density at radius 1 is 1.35 bits per heavy atom. The van der Waals surface area contributed by atoms with Gasteiger partial charge in [0.25, 0.3) is 0 Å². The molecule has 0 aromatic heterocycles. The Morgan fingerprint density at radius 3 is 2.70 bits per heavy atom. The maximum Gasteiger partial charge on any atom is 0.220 e. The monoisotopic (exact) mass is 275 g/mol. The SMILES string of the molecule is COc1ccc(C2CNC(=O)C2)cc1C1(O)CCCC1. The maximum atomic E-state index is 11.4. The Kier molecular flexibility index (Phi) is 3.42. The number of carbonyl (C=O) groups is 1. The fourth-order valence-electron chi connectivity index (χ4n) is 3.41. The normalized spacial score (nSPS) is 24.7. The van der Waals surface area contributed by atoms with E-state index in [1.165, 1.54) is 0 Å². The van der Waals surface area contributed by atoms with Gasteiger partial charge in [-0.3, -0.25) is 4.79 Å². The number of carbonyl (C=O) groups excluding carboxylic acids is 1. The number of methoxy groups -OCH3 is 1. The lowest BCUT2D eigenvalue weighted by Gasteiger charge is -2.26. The van der Waals surface area contributed by atoms with Gasteiger partial charge in [-0.15, -0.1) is 0 Å². The van der Waals surface area contributed by atoms with E-state index in [9.17, 15) is 9.90 Å². The average Bonchev–Trinajstić information content (AvgIpc) is 3.08. The maximum absolute atomic E-state index is 11.4. The zero-order valence-corrected chi connectivity index (χ0v) is 11.8.